The zero-order valence-electron chi connectivity index (χ0n) is 13.6. The van der Waals surface area contributed by atoms with Crippen LogP contribution in [-0.4, -0.2) is 16.6 Å². The molecule has 0 aliphatic carbocycles. The summed E-state index contributed by atoms with van der Waals surface area (Å²) in [5.74, 6) is 2.83. The number of hydrogen-bond acceptors (Lipinski definition) is 3. The molecule has 0 fully saturated rings. The Morgan fingerprint density at radius 2 is 1.80 bits per heavy atom. The Morgan fingerprint density at radius 1 is 1.15 bits per heavy atom. The van der Waals surface area contributed by atoms with Gasteiger partial charge in [0.2, 0.25) is 0 Å². The number of anilines is 1. The fourth-order valence-corrected chi connectivity index (χ4v) is 2.68. The van der Waals surface area contributed by atoms with Gasteiger partial charge in [0.15, 0.2) is 0 Å². The monoisotopic (exact) mass is 278 g/mol. The summed E-state index contributed by atoms with van der Waals surface area (Å²) < 4.78 is 0. The summed E-state index contributed by atoms with van der Waals surface area (Å²) in [6, 6.07) is 3.95. The van der Waals surface area contributed by atoms with Gasteiger partial charge in [0.1, 0.15) is 5.82 Å². The Balaban J connectivity index is 2.77. The predicted octanol–water partition coefficient (Wildman–Crippen LogP) is 3.87. The van der Waals surface area contributed by atoms with E-state index in [4.69, 9.17) is 0 Å². The first-order chi connectivity index (χ1) is 9.47. The van der Waals surface area contributed by atoms with E-state index in [2.05, 4.69) is 44.9 Å². The van der Waals surface area contributed by atoms with E-state index >= 15 is 0 Å². The molecular formula is C17H30N2O. The first kappa shape index (κ1) is 17.0. The maximum absolute atomic E-state index is 9.35. The molecule has 1 heterocycles. The molecule has 0 atom stereocenters. The Bertz CT molecular complexity index is 394. The number of aromatic nitrogens is 1. The van der Waals surface area contributed by atoms with Crippen molar-refractivity contribution in [2.24, 2.45) is 17.8 Å². The zero-order chi connectivity index (χ0) is 15.1. The van der Waals surface area contributed by atoms with Gasteiger partial charge in [-0.1, -0.05) is 41.0 Å². The van der Waals surface area contributed by atoms with Gasteiger partial charge in [-0.3, -0.25) is 0 Å². The quantitative estimate of drug-likeness (QED) is 0.759. The van der Waals surface area contributed by atoms with Crippen molar-refractivity contribution in [1.82, 2.24) is 4.98 Å². The lowest BCUT2D eigenvalue weighted by atomic mass is 9.85. The number of pyridine rings is 1. The van der Waals surface area contributed by atoms with Gasteiger partial charge in [-0.2, -0.15) is 0 Å². The zero-order valence-corrected chi connectivity index (χ0v) is 13.6. The highest BCUT2D eigenvalue weighted by Crippen LogP contribution is 2.21. The minimum absolute atomic E-state index is 0.0751. The van der Waals surface area contributed by atoms with Crippen molar-refractivity contribution in [2.45, 2.75) is 54.1 Å². The molecule has 1 aromatic heterocycles. The molecule has 0 aliphatic heterocycles. The molecule has 0 saturated heterocycles. The summed E-state index contributed by atoms with van der Waals surface area (Å²) in [6.45, 7) is 12.2. The number of aliphatic hydroxyl groups is 1. The fourth-order valence-electron chi connectivity index (χ4n) is 2.68. The summed E-state index contributed by atoms with van der Waals surface area (Å²) in [4.78, 5) is 4.64. The Hall–Kier alpha value is -1.09. The first-order valence-electron chi connectivity index (χ1n) is 7.82. The van der Waals surface area contributed by atoms with Crippen LogP contribution in [0.15, 0.2) is 12.1 Å². The van der Waals surface area contributed by atoms with Gasteiger partial charge in [-0.05, 0) is 41.9 Å². The highest BCUT2D eigenvalue weighted by atomic mass is 16.3. The molecule has 0 spiro atoms. The van der Waals surface area contributed by atoms with E-state index in [1.165, 1.54) is 0 Å². The SMILES string of the molecule is CCCc1cc(CO)cc(NCC(C(C)C)C(C)C)n1. The summed E-state index contributed by atoms with van der Waals surface area (Å²) in [5, 5.41) is 12.8. The molecule has 3 nitrogen and oxygen atoms in total. The van der Waals surface area contributed by atoms with E-state index in [1.807, 2.05) is 12.1 Å². The maximum atomic E-state index is 9.35. The third-order valence-corrected chi connectivity index (χ3v) is 3.86. The van der Waals surface area contributed by atoms with Crippen molar-refractivity contribution in [3.8, 4) is 0 Å². The van der Waals surface area contributed by atoms with Crippen LogP contribution in [0.1, 0.15) is 52.3 Å². The maximum Gasteiger partial charge on any atom is 0.126 e. The molecule has 20 heavy (non-hydrogen) atoms. The minimum Gasteiger partial charge on any atom is -0.392 e. The average molecular weight is 278 g/mol. The molecule has 2 N–H and O–H groups in total. The third-order valence-electron chi connectivity index (χ3n) is 3.86. The van der Waals surface area contributed by atoms with Gasteiger partial charge in [-0.15, -0.1) is 0 Å². The highest BCUT2D eigenvalue weighted by molar-refractivity contribution is 5.39. The number of hydrogen-bond donors (Lipinski definition) is 2. The second kappa shape index (κ2) is 8.25. The van der Waals surface area contributed by atoms with Crippen LogP contribution >= 0.6 is 0 Å². The van der Waals surface area contributed by atoms with Crippen molar-refractivity contribution in [1.29, 1.82) is 0 Å². The molecule has 0 unspecified atom stereocenters. The van der Waals surface area contributed by atoms with Crippen LogP contribution in [0.3, 0.4) is 0 Å². The van der Waals surface area contributed by atoms with Crippen molar-refractivity contribution >= 4 is 5.82 Å². The molecule has 0 amide bonds. The molecule has 1 rings (SSSR count). The van der Waals surface area contributed by atoms with Gasteiger partial charge in [0.05, 0.1) is 6.61 Å². The molecule has 0 radical (unpaired) electrons. The Labute approximate surface area is 123 Å². The normalized spacial score (nSPS) is 11.7. The molecule has 0 aromatic carbocycles. The molecule has 0 saturated carbocycles. The lowest BCUT2D eigenvalue weighted by molar-refractivity contribution is 0.281. The minimum atomic E-state index is 0.0751. The van der Waals surface area contributed by atoms with Gasteiger partial charge < -0.3 is 10.4 Å². The van der Waals surface area contributed by atoms with E-state index in [0.29, 0.717) is 17.8 Å². The predicted molar refractivity (Wildman–Crippen MR) is 85.8 cm³/mol. The summed E-state index contributed by atoms with van der Waals surface area (Å²) >= 11 is 0. The number of rotatable bonds is 8. The highest BCUT2D eigenvalue weighted by Gasteiger charge is 2.17. The standard InChI is InChI=1S/C17H30N2O/c1-6-7-15-8-14(11-20)9-17(19-15)18-10-16(12(2)3)13(4)5/h8-9,12-13,16,20H,6-7,10-11H2,1-5H3,(H,18,19). The number of aliphatic hydroxyl groups excluding tert-OH is 1. The lowest BCUT2D eigenvalue weighted by Crippen LogP contribution is -2.25. The summed E-state index contributed by atoms with van der Waals surface area (Å²) in [6.07, 6.45) is 2.03. The number of nitrogens with one attached hydrogen (secondary N) is 1. The van der Waals surface area contributed by atoms with Gasteiger partial charge in [-0.25, -0.2) is 4.98 Å². The molecule has 114 valence electrons. The molecule has 0 bridgehead atoms. The second-order valence-corrected chi connectivity index (χ2v) is 6.29. The van der Waals surface area contributed by atoms with Crippen LogP contribution in [0, 0.1) is 17.8 Å². The lowest BCUT2D eigenvalue weighted by Gasteiger charge is -2.25. The van der Waals surface area contributed by atoms with E-state index in [-0.39, 0.29) is 6.61 Å². The molecule has 1 aromatic rings. The third kappa shape index (κ3) is 5.12. The fraction of sp³-hybridized carbons (Fsp3) is 0.706. The van der Waals surface area contributed by atoms with Gasteiger partial charge >= 0.3 is 0 Å². The topological polar surface area (TPSA) is 45.1 Å². The van der Waals surface area contributed by atoms with Crippen molar-refractivity contribution in [3.63, 3.8) is 0 Å². The van der Waals surface area contributed by atoms with Crippen LogP contribution in [0.4, 0.5) is 5.82 Å². The van der Waals surface area contributed by atoms with E-state index in [0.717, 1.165) is 36.5 Å². The average Bonchev–Trinajstić information content (AvgIpc) is 2.38. The van der Waals surface area contributed by atoms with Crippen LogP contribution in [0.5, 0.6) is 0 Å². The Kier molecular flexibility index (Phi) is 7.00. The van der Waals surface area contributed by atoms with Crippen LogP contribution in [0.2, 0.25) is 0 Å². The molecule has 0 aliphatic rings. The van der Waals surface area contributed by atoms with E-state index < -0.39 is 0 Å². The summed E-state index contributed by atoms with van der Waals surface area (Å²) in [5.41, 5.74) is 2.00. The molecule has 3 heteroatoms. The van der Waals surface area contributed by atoms with Crippen molar-refractivity contribution in [3.05, 3.63) is 23.4 Å². The van der Waals surface area contributed by atoms with Crippen LogP contribution in [0.25, 0.3) is 0 Å². The van der Waals surface area contributed by atoms with E-state index in [9.17, 15) is 5.11 Å². The van der Waals surface area contributed by atoms with Crippen molar-refractivity contribution < 1.29 is 5.11 Å². The van der Waals surface area contributed by atoms with Crippen LogP contribution < -0.4 is 5.32 Å². The number of nitrogens with zero attached hydrogens (tertiary/aromatic N) is 1. The largest absolute Gasteiger partial charge is 0.392 e. The van der Waals surface area contributed by atoms with E-state index in [1.54, 1.807) is 0 Å². The van der Waals surface area contributed by atoms with Gasteiger partial charge in [0.25, 0.3) is 0 Å². The van der Waals surface area contributed by atoms with Crippen molar-refractivity contribution in [2.75, 3.05) is 11.9 Å². The summed E-state index contributed by atoms with van der Waals surface area (Å²) in [7, 11) is 0. The molecular weight excluding hydrogens is 248 g/mol. The second-order valence-electron chi connectivity index (χ2n) is 6.29. The first-order valence-corrected chi connectivity index (χ1v) is 7.82. The number of aryl methyl sites for hydroxylation is 1. The van der Waals surface area contributed by atoms with Gasteiger partial charge in [0, 0.05) is 12.2 Å². The Morgan fingerprint density at radius 3 is 2.30 bits per heavy atom. The smallest absolute Gasteiger partial charge is 0.126 e. The van der Waals surface area contributed by atoms with Crippen LogP contribution in [-0.2, 0) is 13.0 Å².